The van der Waals surface area contributed by atoms with Crippen molar-refractivity contribution in [1.29, 1.82) is 0 Å². The van der Waals surface area contributed by atoms with Crippen LogP contribution in [-0.4, -0.2) is 36.5 Å². The molecule has 0 radical (unpaired) electrons. The zero-order valence-corrected chi connectivity index (χ0v) is 13.9. The van der Waals surface area contributed by atoms with Crippen LogP contribution in [0.1, 0.15) is 24.8 Å². The highest BCUT2D eigenvalue weighted by Gasteiger charge is 2.27. The predicted octanol–water partition coefficient (Wildman–Crippen LogP) is 3.19. The molecule has 1 aromatic rings. The van der Waals surface area contributed by atoms with Crippen molar-refractivity contribution in [3.05, 3.63) is 61.2 Å². The first-order valence-electron chi connectivity index (χ1n) is 8.51. The van der Waals surface area contributed by atoms with Crippen LogP contribution in [0, 0.1) is 5.92 Å². The second-order valence-electron chi connectivity index (χ2n) is 6.24. The molecular weight excluding hydrogens is 284 g/mol. The number of rotatable bonds is 9. The average Bonchev–Trinajstić information content (AvgIpc) is 3.00. The molecule has 1 aromatic carbocycles. The van der Waals surface area contributed by atoms with Crippen LogP contribution < -0.4 is 5.32 Å². The van der Waals surface area contributed by atoms with Crippen LogP contribution >= 0.6 is 0 Å². The Morgan fingerprint density at radius 2 is 1.87 bits per heavy atom. The number of amides is 1. The summed E-state index contributed by atoms with van der Waals surface area (Å²) in [6.07, 6.45) is 8.25. The molecule has 1 saturated carbocycles. The fourth-order valence-corrected chi connectivity index (χ4v) is 3.39. The van der Waals surface area contributed by atoms with Crippen molar-refractivity contribution in [3.63, 3.8) is 0 Å². The van der Waals surface area contributed by atoms with Crippen LogP contribution in [0.3, 0.4) is 0 Å². The molecule has 0 unspecified atom stereocenters. The molecule has 124 valence electrons. The minimum atomic E-state index is 0.121. The van der Waals surface area contributed by atoms with E-state index in [9.17, 15) is 4.79 Å². The third-order valence-electron chi connectivity index (χ3n) is 4.57. The minimum absolute atomic E-state index is 0.121. The number of carbonyl (C=O) groups is 1. The van der Waals surface area contributed by atoms with Gasteiger partial charge in [0.2, 0.25) is 5.91 Å². The van der Waals surface area contributed by atoms with Crippen molar-refractivity contribution in [3.8, 4) is 0 Å². The molecule has 2 rings (SSSR count). The molecule has 3 heteroatoms. The summed E-state index contributed by atoms with van der Waals surface area (Å²) in [6, 6.07) is 11.1. The number of nitrogens with one attached hydrogen (secondary N) is 1. The van der Waals surface area contributed by atoms with Gasteiger partial charge in [-0.05, 0) is 30.7 Å². The number of hydrogen-bond donors (Lipinski definition) is 1. The van der Waals surface area contributed by atoms with E-state index in [4.69, 9.17) is 0 Å². The van der Waals surface area contributed by atoms with Crippen LogP contribution in [0.5, 0.6) is 0 Å². The van der Waals surface area contributed by atoms with Gasteiger partial charge in [-0.1, -0.05) is 48.9 Å². The van der Waals surface area contributed by atoms with E-state index in [0.29, 0.717) is 31.6 Å². The third-order valence-corrected chi connectivity index (χ3v) is 4.57. The average molecular weight is 312 g/mol. The van der Waals surface area contributed by atoms with Crippen LogP contribution in [0.2, 0.25) is 0 Å². The first-order valence-corrected chi connectivity index (χ1v) is 8.51. The van der Waals surface area contributed by atoms with Gasteiger partial charge in [0.15, 0.2) is 0 Å². The van der Waals surface area contributed by atoms with E-state index in [1.807, 2.05) is 0 Å². The Hall–Kier alpha value is -1.87. The summed E-state index contributed by atoms with van der Waals surface area (Å²) in [5.74, 6) is 0.743. The van der Waals surface area contributed by atoms with Crippen molar-refractivity contribution in [2.24, 2.45) is 5.92 Å². The van der Waals surface area contributed by atoms with E-state index in [1.165, 1.54) is 18.4 Å². The van der Waals surface area contributed by atoms with Gasteiger partial charge in [-0.2, -0.15) is 0 Å². The monoisotopic (exact) mass is 312 g/mol. The molecular formula is C20H28N2O. The van der Waals surface area contributed by atoms with Gasteiger partial charge >= 0.3 is 0 Å². The van der Waals surface area contributed by atoms with Crippen LogP contribution in [0.25, 0.3) is 0 Å². The SMILES string of the molecule is C=CCN(CC=C)C(=O)CN[C@@H]1CCC[C@@H]1Cc1ccccc1. The quantitative estimate of drug-likeness (QED) is 0.710. The molecule has 1 aliphatic carbocycles. The summed E-state index contributed by atoms with van der Waals surface area (Å²) in [6.45, 7) is 8.97. The summed E-state index contributed by atoms with van der Waals surface area (Å²) >= 11 is 0. The largest absolute Gasteiger partial charge is 0.334 e. The van der Waals surface area contributed by atoms with Crippen molar-refractivity contribution in [2.45, 2.75) is 31.7 Å². The molecule has 0 bridgehead atoms. The van der Waals surface area contributed by atoms with Crippen LogP contribution in [0.15, 0.2) is 55.6 Å². The van der Waals surface area contributed by atoms with Gasteiger partial charge < -0.3 is 10.2 Å². The summed E-state index contributed by atoms with van der Waals surface area (Å²) in [7, 11) is 0. The third kappa shape index (κ3) is 5.36. The normalized spacial score (nSPS) is 20.2. The van der Waals surface area contributed by atoms with Crippen molar-refractivity contribution in [1.82, 2.24) is 10.2 Å². The Morgan fingerprint density at radius 3 is 2.52 bits per heavy atom. The van der Waals surface area contributed by atoms with Gasteiger partial charge in [0.25, 0.3) is 0 Å². The van der Waals surface area contributed by atoms with E-state index in [1.54, 1.807) is 17.1 Å². The summed E-state index contributed by atoms with van der Waals surface area (Å²) in [4.78, 5) is 14.1. The molecule has 0 aliphatic heterocycles. The molecule has 0 spiro atoms. The summed E-state index contributed by atoms with van der Waals surface area (Å²) < 4.78 is 0. The van der Waals surface area contributed by atoms with Gasteiger partial charge in [-0.15, -0.1) is 13.2 Å². The van der Waals surface area contributed by atoms with Crippen LogP contribution in [0.4, 0.5) is 0 Å². The van der Waals surface area contributed by atoms with E-state index < -0.39 is 0 Å². The maximum absolute atomic E-state index is 12.3. The van der Waals surface area contributed by atoms with E-state index >= 15 is 0 Å². The fourth-order valence-electron chi connectivity index (χ4n) is 3.39. The number of nitrogens with zero attached hydrogens (tertiary/aromatic N) is 1. The Labute approximate surface area is 140 Å². The van der Waals surface area contributed by atoms with Crippen molar-refractivity contribution in [2.75, 3.05) is 19.6 Å². The lowest BCUT2D eigenvalue weighted by Gasteiger charge is -2.24. The van der Waals surface area contributed by atoms with Gasteiger partial charge in [0.1, 0.15) is 0 Å². The second-order valence-corrected chi connectivity index (χ2v) is 6.24. The van der Waals surface area contributed by atoms with Gasteiger partial charge in [-0.25, -0.2) is 0 Å². The minimum Gasteiger partial charge on any atom is -0.334 e. The van der Waals surface area contributed by atoms with Crippen molar-refractivity contribution < 1.29 is 4.79 Å². The Morgan fingerprint density at radius 1 is 1.17 bits per heavy atom. The maximum Gasteiger partial charge on any atom is 0.237 e. The van der Waals surface area contributed by atoms with Gasteiger partial charge in [-0.3, -0.25) is 4.79 Å². The van der Waals surface area contributed by atoms with Gasteiger partial charge in [0, 0.05) is 19.1 Å². The fraction of sp³-hybridized carbons (Fsp3) is 0.450. The molecule has 0 heterocycles. The Balaban J connectivity index is 1.84. The number of carbonyl (C=O) groups excluding carboxylic acids is 1. The smallest absolute Gasteiger partial charge is 0.237 e. The number of hydrogen-bond acceptors (Lipinski definition) is 2. The molecule has 0 aromatic heterocycles. The highest BCUT2D eigenvalue weighted by Crippen LogP contribution is 2.28. The standard InChI is InChI=1S/C20H28N2O/c1-3-13-22(14-4-2)20(23)16-21-19-12-8-11-18(19)15-17-9-6-5-7-10-17/h3-7,9-10,18-19,21H,1-2,8,11-16H2/t18-,19-/m1/s1. The molecule has 1 amide bonds. The first-order chi connectivity index (χ1) is 11.2. The molecule has 0 saturated heterocycles. The lowest BCUT2D eigenvalue weighted by Crippen LogP contribution is -2.43. The van der Waals surface area contributed by atoms with E-state index in [2.05, 4.69) is 48.8 Å². The van der Waals surface area contributed by atoms with Crippen LogP contribution in [-0.2, 0) is 11.2 Å². The Bertz CT molecular complexity index is 502. The zero-order valence-electron chi connectivity index (χ0n) is 13.9. The molecule has 1 aliphatic rings. The Kier molecular flexibility index (Phi) is 7.08. The highest BCUT2D eigenvalue weighted by molar-refractivity contribution is 5.78. The molecule has 1 N–H and O–H groups in total. The molecule has 1 fully saturated rings. The zero-order chi connectivity index (χ0) is 16.5. The highest BCUT2D eigenvalue weighted by atomic mass is 16.2. The molecule has 2 atom stereocenters. The first kappa shape index (κ1) is 17.5. The van der Waals surface area contributed by atoms with Crippen molar-refractivity contribution >= 4 is 5.91 Å². The topological polar surface area (TPSA) is 32.3 Å². The predicted molar refractivity (Wildman–Crippen MR) is 96.3 cm³/mol. The molecule has 23 heavy (non-hydrogen) atoms. The molecule has 3 nitrogen and oxygen atoms in total. The van der Waals surface area contributed by atoms with E-state index in [-0.39, 0.29) is 5.91 Å². The van der Waals surface area contributed by atoms with Gasteiger partial charge in [0.05, 0.1) is 6.54 Å². The summed E-state index contributed by atoms with van der Waals surface area (Å²) in [5.41, 5.74) is 1.39. The maximum atomic E-state index is 12.3. The lowest BCUT2D eigenvalue weighted by atomic mass is 9.94. The van der Waals surface area contributed by atoms with E-state index in [0.717, 1.165) is 12.8 Å². The lowest BCUT2D eigenvalue weighted by molar-refractivity contribution is -0.129. The number of benzene rings is 1. The summed E-state index contributed by atoms with van der Waals surface area (Å²) in [5, 5.41) is 3.49. The second kappa shape index (κ2) is 9.31.